The van der Waals surface area contributed by atoms with Gasteiger partial charge >= 0.3 is 0 Å². The predicted octanol–water partition coefficient (Wildman–Crippen LogP) is 8.26. The highest BCUT2D eigenvalue weighted by atomic mass is 16.2. The molecule has 6 rings (SSSR count). The number of amides is 3. The first-order valence-electron chi connectivity index (χ1n) is 24.8. The first-order valence-corrected chi connectivity index (χ1v) is 24.8. The fourth-order valence-electron chi connectivity index (χ4n) is 7.35. The van der Waals surface area contributed by atoms with E-state index in [0.717, 1.165) is 98.8 Å². The van der Waals surface area contributed by atoms with Gasteiger partial charge in [0.15, 0.2) is 0 Å². The summed E-state index contributed by atoms with van der Waals surface area (Å²) in [6.45, 7) is 11.2. The van der Waals surface area contributed by atoms with E-state index in [0.29, 0.717) is 61.9 Å². The average Bonchev–Trinajstić information content (AvgIpc) is 4.15. The van der Waals surface area contributed by atoms with Gasteiger partial charge in [-0.1, -0.05) is 51.0 Å². The quantitative estimate of drug-likeness (QED) is 0.0396. The molecule has 0 spiro atoms. The molecule has 2 saturated heterocycles. The first-order chi connectivity index (χ1) is 34.9. The van der Waals surface area contributed by atoms with E-state index in [4.69, 9.17) is 20.5 Å². The highest BCUT2D eigenvalue weighted by Gasteiger charge is 2.22. The number of nitrogens with one attached hydrogen (secondary N) is 4. The van der Waals surface area contributed by atoms with Gasteiger partial charge in [0, 0.05) is 93.4 Å². The average molecular weight is 995 g/mol. The van der Waals surface area contributed by atoms with Gasteiger partial charge in [-0.05, 0) is 114 Å². The molecule has 0 radical (unpaired) electrons. The molecule has 390 valence electrons. The topological polar surface area (TPSA) is 211 Å². The van der Waals surface area contributed by atoms with E-state index in [2.05, 4.69) is 76.9 Å². The summed E-state index contributed by atoms with van der Waals surface area (Å²) in [5.74, 6) is 15.2. The second-order valence-electron chi connectivity index (χ2n) is 17.9. The van der Waals surface area contributed by atoms with Gasteiger partial charge in [-0.2, -0.15) is 20.5 Å². The zero-order chi connectivity index (χ0) is 51.7. The van der Waals surface area contributed by atoms with Gasteiger partial charge in [0.1, 0.15) is 17.7 Å². The van der Waals surface area contributed by atoms with E-state index in [-0.39, 0.29) is 35.3 Å². The minimum Gasteiger partial charge on any atom is -0.356 e. The number of nitrogens with zero attached hydrogens (tertiary/aromatic N) is 10. The molecule has 2 aromatic heterocycles. The van der Waals surface area contributed by atoms with Crippen LogP contribution in [-0.2, 0) is 14.4 Å². The van der Waals surface area contributed by atoms with E-state index in [1.165, 1.54) is 11.0 Å². The number of carbonyl (C=O) groups excluding carboxylic acids is 3. The molecule has 4 heterocycles. The molecule has 2 aromatic carbocycles. The number of likely N-dealkylation sites (N-methyl/N-ethyl adjacent to an activating group) is 2. The number of benzene rings is 2. The van der Waals surface area contributed by atoms with Gasteiger partial charge in [-0.25, -0.2) is 9.97 Å². The Kier molecular flexibility index (Phi) is 24.2. The molecule has 0 unspecified atom stereocenters. The zero-order valence-electron chi connectivity index (χ0n) is 42.6. The number of carbonyl (C=O) groups is 3. The van der Waals surface area contributed by atoms with Gasteiger partial charge < -0.3 is 40.9 Å². The second-order valence-corrected chi connectivity index (χ2v) is 17.9. The monoisotopic (exact) mass is 995 g/mol. The summed E-state index contributed by atoms with van der Waals surface area (Å²) in [5, 5.41) is 30.2. The van der Waals surface area contributed by atoms with E-state index in [1.54, 1.807) is 56.7 Å². The Labute approximate surface area is 437 Å². The molecular formula is C56H78N14O3. The summed E-state index contributed by atoms with van der Waals surface area (Å²) < 4.78 is 0. The summed E-state index contributed by atoms with van der Waals surface area (Å²) in [6, 6.07) is 18.0. The molecule has 4 N–H and O–H groups in total. The van der Waals surface area contributed by atoms with Crippen LogP contribution in [0.5, 0.6) is 0 Å². The third-order valence-electron chi connectivity index (χ3n) is 12.0. The maximum Gasteiger partial charge on any atom is 0.246 e. The molecule has 2 aliphatic rings. The Morgan fingerprint density at radius 1 is 0.712 bits per heavy atom. The Morgan fingerprint density at radius 3 is 1.56 bits per heavy atom. The highest BCUT2D eigenvalue weighted by Crippen LogP contribution is 2.26. The molecule has 17 heteroatoms. The minimum absolute atomic E-state index is 0. The molecule has 2 fully saturated rings. The van der Waals surface area contributed by atoms with Crippen molar-refractivity contribution >= 4 is 52.6 Å². The fourth-order valence-corrected chi connectivity index (χ4v) is 7.35. The van der Waals surface area contributed by atoms with E-state index in [9.17, 15) is 14.4 Å². The molecule has 4 aromatic rings. The molecule has 17 nitrogen and oxygen atoms in total. The number of aromatic nitrogens is 4. The van der Waals surface area contributed by atoms with Crippen LogP contribution in [0.25, 0.3) is 0 Å². The van der Waals surface area contributed by atoms with Crippen molar-refractivity contribution in [1.82, 2.24) is 40.4 Å². The van der Waals surface area contributed by atoms with Gasteiger partial charge in [0.05, 0.1) is 46.8 Å². The maximum atomic E-state index is 12.5. The fraction of sp³-hybridized carbons (Fsp3) is 0.446. The highest BCUT2D eigenvalue weighted by molar-refractivity contribution is 5.92. The summed E-state index contributed by atoms with van der Waals surface area (Å²) in [5.41, 5.74) is 4.43. The Hall–Kier alpha value is -7.99. The Bertz CT molecular complexity index is 2680. The number of hydrogen-bond acceptors (Lipinski definition) is 14. The van der Waals surface area contributed by atoms with E-state index < -0.39 is 6.04 Å². The van der Waals surface area contributed by atoms with Crippen LogP contribution in [0, 0.1) is 52.3 Å². The number of rotatable bonds is 19. The van der Waals surface area contributed by atoms with Crippen LogP contribution < -0.4 is 31.1 Å². The molecule has 0 saturated carbocycles. The lowest BCUT2D eigenvalue weighted by atomic mass is 10.1. The number of hydrogen-bond donors (Lipinski definition) is 4. The van der Waals surface area contributed by atoms with Gasteiger partial charge in [-0.3, -0.25) is 14.4 Å². The standard InChI is InChI=1S/C30H38N8O2.C25H30N6O.CH4.3H2/c1-23(37(4)27(39)12-10-18-36(2)3)29(40)32-17-7-5-6-11-25-22-33-30(35-28(25)38-19-8-9-20-38)34-26-15-13-24(21-31)14-16-26;1-3-19(2)24(32)27-14-6-4-5-9-21-18-28-25(30-23(21)31-15-7-8-16-31)29-22-12-10-20(17-26)11-13-22;;;;/h10,12-16,22-23H,5,7-9,17-20H2,1-4H3,(H,32,40)(H,33,34,35);10-13,18-19H,3-4,6-8,14-16H2,1-2H3,(H,27,32)(H,28,29,30);1H4;3*1H/b12-10+;;;;;/t23-;19-;;;;/m01..../s1. The molecule has 0 bridgehead atoms. The van der Waals surface area contributed by atoms with Crippen molar-refractivity contribution in [2.45, 2.75) is 92.0 Å². The van der Waals surface area contributed by atoms with Gasteiger partial charge in [-0.15, -0.1) is 0 Å². The van der Waals surface area contributed by atoms with Crippen molar-refractivity contribution in [3.05, 3.63) is 95.3 Å². The van der Waals surface area contributed by atoms with Crippen molar-refractivity contribution in [2.75, 3.05) is 87.4 Å². The third-order valence-corrected chi connectivity index (χ3v) is 12.0. The molecule has 73 heavy (non-hydrogen) atoms. The molecular weight excluding hydrogens is 917 g/mol. The van der Waals surface area contributed by atoms with Crippen LogP contribution in [0.2, 0.25) is 0 Å². The van der Waals surface area contributed by atoms with Gasteiger partial charge in [0.2, 0.25) is 29.6 Å². The Balaban J connectivity index is 0.000000737. The predicted molar refractivity (Wildman–Crippen MR) is 297 cm³/mol. The van der Waals surface area contributed by atoms with Gasteiger partial charge in [0.25, 0.3) is 0 Å². The normalized spacial score (nSPS) is 13.3. The van der Waals surface area contributed by atoms with Crippen molar-refractivity contribution in [1.29, 1.82) is 10.5 Å². The van der Waals surface area contributed by atoms with Crippen LogP contribution in [0.3, 0.4) is 0 Å². The summed E-state index contributed by atoms with van der Waals surface area (Å²) in [4.78, 5) is 62.8. The van der Waals surface area contributed by atoms with Crippen molar-refractivity contribution in [3.63, 3.8) is 0 Å². The molecule has 2 aliphatic heterocycles. The van der Waals surface area contributed by atoms with Crippen LogP contribution in [0.1, 0.15) is 113 Å². The molecule has 2 atom stereocenters. The minimum atomic E-state index is -0.570. The number of unbranched alkanes of at least 4 members (excludes halogenated alkanes) is 2. The molecule has 0 aliphatic carbocycles. The zero-order valence-corrected chi connectivity index (χ0v) is 42.6. The van der Waals surface area contributed by atoms with Crippen LogP contribution in [-0.4, -0.2) is 120 Å². The van der Waals surface area contributed by atoms with E-state index in [1.807, 2.05) is 57.1 Å². The lowest BCUT2D eigenvalue weighted by Crippen LogP contribution is -2.45. The lowest BCUT2D eigenvalue weighted by molar-refractivity contribution is -0.135. The first kappa shape index (κ1) is 57.6. The van der Waals surface area contributed by atoms with Crippen molar-refractivity contribution < 1.29 is 18.7 Å². The second kappa shape index (κ2) is 30.7. The molecule has 3 amide bonds. The third kappa shape index (κ3) is 18.9. The summed E-state index contributed by atoms with van der Waals surface area (Å²) in [7, 11) is 5.48. The van der Waals surface area contributed by atoms with Crippen LogP contribution in [0.15, 0.2) is 73.1 Å². The number of nitriles is 2. The van der Waals surface area contributed by atoms with Crippen molar-refractivity contribution in [3.8, 4) is 35.8 Å². The van der Waals surface area contributed by atoms with E-state index >= 15 is 0 Å². The SMILES string of the molecule is C.CC[C@@H](C)C(=O)NCCCC#Cc1cnc(Nc2ccc(C#N)cc2)nc1N1CCCC1.C[C@@H](C(=O)NCCCC#Cc1cnc(Nc2ccc(C#N)cc2)nc1N1CCCC1)N(C)C(=O)/C=C/CN(C)C.[HH].[HH].[HH]. The summed E-state index contributed by atoms with van der Waals surface area (Å²) in [6.07, 6.45) is 14.9. The van der Waals surface area contributed by atoms with Crippen LogP contribution >= 0.6 is 0 Å². The van der Waals surface area contributed by atoms with Crippen LogP contribution in [0.4, 0.5) is 34.9 Å². The maximum absolute atomic E-state index is 12.5. The lowest BCUT2D eigenvalue weighted by Gasteiger charge is -2.23. The Morgan fingerprint density at radius 2 is 1.15 bits per heavy atom. The largest absolute Gasteiger partial charge is 0.356 e. The summed E-state index contributed by atoms with van der Waals surface area (Å²) >= 11 is 0. The van der Waals surface area contributed by atoms with Crippen molar-refractivity contribution in [2.24, 2.45) is 5.92 Å². The smallest absolute Gasteiger partial charge is 0.246 e. The number of anilines is 6.